The Balaban J connectivity index is 0.000000130. The van der Waals surface area contributed by atoms with Crippen LogP contribution < -0.4 is 0 Å². The van der Waals surface area contributed by atoms with E-state index in [1.54, 1.807) is 6.20 Å². The van der Waals surface area contributed by atoms with E-state index < -0.39 is 0 Å². The first kappa shape index (κ1) is 25.7. The lowest BCUT2D eigenvalue weighted by Gasteiger charge is -2.01. The minimum atomic E-state index is 0.995. The predicted octanol–water partition coefficient (Wildman–Crippen LogP) is 9.01. The zero-order chi connectivity index (χ0) is 25.5. The Hall–Kier alpha value is -4.41. The molecule has 4 heteroatoms. The molecule has 0 amide bonds. The third-order valence-corrected chi connectivity index (χ3v) is 5.98. The molecule has 0 spiro atoms. The van der Waals surface area contributed by atoms with Gasteiger partial charge in [0.05, 0.1) is 17.1 Å². The fourth-order valence-corrected chi connectivity index (χ4v) is 3.96. The van der Waals surface area contributed by atoms with Gasteiger partial charge in [-0.15, -0.1) is 0 Å². The molecule has 0 bridgehead atoms. The fraction of sp³-hybridized carbons (Fsp3) is 0. The minimum absolute atomic E-state index is 0.995. The molecule has 0 atom stereocenters. The molecule has 0 aliphatic rings. The van der Waals surface area contributed by atoms with Crippen molar-refractivity contribution in [3.63, 3.8) is 0 Å². The Bertz CT molecular complexity index is 1300. The molecular formula is C33H26BrN3. The maximum atomic E-state index is 4.28. The summed E-state index contributed by atoms with van der Waals surface area (Å²) in [5.74, 6) is 0. The highest BCUT2D eigenvalue weighted by Crippen LogP contribution is 2.25. The molecule has 0 saturated heterocycles. The van der Waals surface area contributed by atoms with Crippen molar-refractivity contribution in [2.75, 3.05) is 0 Å². The number of hydrogen-bond donors (Lipinski definition) is 0. The maximum Gasteiger partial charge on any atom is 0.0713 e. The van der Waals surface area contributed by atoms with E-state index in [1.165, 1.54) is 0 Å². The second-order valence-corrected chi connectivity index (χ2v) is 8.71. The number of aromatic nitrogens is 3. The van der Waals surface area contributed by atoms with Crippen molar-refractivity contribution in [3.05, 3.63) is 163 Å². The Kier molecular flexibility index (Phi) is 9.87. The van der Waals surface area contributed by atoms with E-state index in [0.29, 0.717) is 0 Å². The van der Waals surface area contributed by atoms with Gasteiger partial charge in [0.25, 0.3) is 0 Å². The summed E-state index contributed by atoms with van der Waals surface area (Å²) in [7, 11) is 0. The van der Waals surface area contributed by atoms with Crippen LogP contribution in [0.3, 0.4) is 0 Å². The lowest BCUT2D eigenvalue weighted by molar-refractivity contribution is 1.32. The number of pyridine rings is 3. The van der Waals surface area contributed by atoms with E-state index in [1.807, 2.05) is 128 Å². The number of nitrogens with zero attached hydrogens (tertiary/aromatic N) is 3. The quantitative estimate of drug-likeness (QED) is 0.223. The summed E-state index contributed by atoms with van der Waals surface area (Å²) in [5, 5.41) is 0. The van der Waals surface area contributed by atoms with E-state index in [2.05, 4.69) is 55.1 Å². The smallest absolute Gasteiger partial charge is 0.0713 e. The van der Waals surface area contributed by atoms with Crippen LogP contribution in [0.25, 0.3) is 33.8 Å². The molecular weight excluding hydrogens is 518 g/mol. The highest BCUT2D eigenvalue weighted by Gasteiger charge is 2.01. The van der Waals surface area contributed by atoms with E-state index in [4.69, 9.17) is 0 Å². The standard InChI is InChI=1S/C11H8BrN.2C11H9N/c12-10-6-2-1-5-9(10)11-7-3-4-8-13-11;2*1-2-6-10(7-3-1)11-8-4-5-9-12-11/h1-8H;2*1-9H. The lowest BCUT2D eigenvalue weighted by atomic mass is 10.1. The number of benzene rings is 3. The van der Waals surface area contributed by atoms with Gasteiger partial charge in [-0.3, -0.25) is 15.0 Å². The Morgan fingerprint density at radius 2 is 0.730 bits per heavy atom. The number of hydrogen-bond acceptors (Lipinski definition) is 3. The average Bonchev–Trinajstić information content (AvgIpc) is 3.00. The van der Waals surface area contributed by atoms with Gasteiger partial charge < -0.3 is 0 Å². The molecule has 37 heavy (non-hydrogen) atoms. The molecule has 0 unspecified atom stereocenters. The van der Waals surface area contributed by atoms with Gasteiger partial charge in [-0.25, -0.2) is 0 Å². The highest BCUT2D eigenvalue weighted by atomic mass is 79.9. The summed E-state index contributed by atoms with van der Waals surface area (Å²) in [6, 6.07) is 46.1. The van der Waals surface area contributed by atoms with Crippen molar-refractivity contribution in [3.8, 4) is 33.8 Å². The van der Waals surface area contributed by atoms with E-state index in [9.17, 15) is 0 Å². The van der Waals surface area contributed by atoms with Gasteiger partial charge in [0.1, 0.15) is 0 Å². The van der Waals surface area contributed by atoms with Gasteiger partial charge in [0.15, 0.2) is 0 Å². The molecule has 0 N–H and O–H groups in total. The van der Waals surface area contributed by atoms with Gasteiger partial charge >= 0.3 is 0 Å². The Morgan fingerprint density at radius 1 is 0.351 bits per heavy atom. The SMILES string of the molecule is Brc1ccccc1-c1ccccn1.c1ccc(-c2ccccn2)cc1.c1ccc(-c2ccccn2)cc1. The number of halogens is 1. The topological polar surface area (TPSA) is 38.7 Å². The summed E-state index contributed by atoms with van der Waals surface area (Å²) >= 11 is 3.49. The largest absolute Gasteiger partial charge is 0.256 e. The molecule has 3 aromatic carbocycles. The fourth-order valence-electron chi connectivity index (χ4n) is 3.48. The maximum absolute atomic E-state index is 4.28. The minimum Gasteiger partial charge on any atom is -0.256 e. The monoisotopic (exact) mass is 543 g/mol. The van der Waals surface area contributed by atoms with Gasteiger partial charge in [-0.2, -0.15) is 0 Å². The van der Waals surface area contributed by atoms with Crippen molar-refractivity contribution in [2.24, 2.45) is 0 Å². The third-order valence-electron chi connectivity index (χ3n) is 5.28. The molecule has 3 nitrogen and oxygen atoms in total. The van der Waals surface area contributed by atoms with E-state index in [-0.39, 0.29) is 0 Å². The summed E-state index contributed by atoms with van der Waals surface area (Å²) in [6.07, 6.45) is 5.42. The zero-order valence-corrected chi connectivity index (χ0v) is 21.8. The van der Waals surface area contributed by atoms with Crippen LogP contribution in [0.1, 0.15) is 0 Å². The van der Waals surface area contributed by atoms with Crippen LogP contribution in [0.5, 0.6) is 0 Å². The summed E-state index contributed by atoms with van der Waals surface area (Å²) in [5.41, 5.74) is 6.51. The second-order valence-electron chi connectivity index (χ2n) is 7.86. The molecule has 0 saturated carbocycles. The van der Waals surface area contributed by atoms with Crippen LogP contribution in [0.2, 0.25) is 0 Å². The van der Waals surface area contributed by atoms with Crippen molar-refractivity contribution >= 4 is 15.9 Å². The summed E-state index contributed by atoms with van der Waals surface area (Å²) in [4.78, 5) is 12.8. The van der Waals surface area contributed by atoms with Crippen LogP contribution >= 0.6 is 15.9 Å². The molecule has 6 rings (SSSR count). The first-order valence-corrected chi connectivity index (χ1v) is 12.7. The van der Waals surface area contributed by atoms with Crippen LogP contribution in [-0.2, 0) is 0 Å². The predicted molar refractivity (Wildman–Crippen MR) is 157 cm³/mol. The first-order valence-electron chi connectivity index (χ1n) is 11.9. The van der Waals surface area contributed by atoms with Crippen molar-refractivity contribution < 1.29 is 0 Å². The molecule has 0 aliphatic heterocycles. The van der Waals surface area contributed by atoms with Crippen LogP contribution in [-0.4, -0.2) is 15.0 Å². The molecule has 3 aromatic heterocycles. The van der Waals surface area contributed by atoms with Gasteiger partial charge in [-0.05, 0) is 42.5 Å². The van der Waals surface area contributed by atoms with Crippen LogP contribution in [0.15, 0.2) is 163 Å². The van der Waals surface area contributed by atoms with Crippen molar-refractivity contribution in [2.45, 2.75) is 0 Å². The van der Waals surface area contributed by atoms with Crippen molar-refractivity contribution in [1.82, 2.24) is 15.0 Å². The Labute approximate surface area is 226 Å². The lowest BCUT2D eigenvalue weighted by Crippen LogP contribution is -1.82. The molecule has 0 fully saturated rings. The number of rotatable bonds is 3. The first-order chi connectivity index (χ1) is 18.3. The summed E-state index contributed by atoms with van der Waals surface area (Å²) < 4.78 is 1.08. The van der Waals surface area contributed by atoms with E-state index in [0.717, 1.165) is 38.2 Å². The zero-order valence-electron chi connectivity index (χ0n) is 20.2. The van der Waals surface area contributed by atoms with Gasteiger partial charge in [-0.1, -0.05) is 113 Å². The van der Waals surface area contributed by atoms with E-state index >= 15 is 0 Å². The third kappa shape index (κ3) is 8.06. The summed E-state index contributed by atoms with van der Waals surface area (Å²) in [6.45, 7) is 0. The molecule has 6 aromatic rings. The second kappa shape index (κ2) is 14.2. The van der Waals surface area contributed by atoms with Crippen LogP contribution in [0.4, 0.5) is 0 Å². The van der Waals surface area contributed by atoms with Gasteiger partial charge in [0, 0.05) is 39.8 Å². The van der Waals surface area contributed by atoms with Gasteiger partial charge in [0.2, 0.25) is 0 Å². The van der Waals surface area contributed by atoms with Crippen LogP contribution in [0, 0.1) is 0 Å². The Morgan fingerprint density at radius 3 is 1.14 bits per heavy atom. The molecule has 180 valence electrons. The highest BCUT2D eigenvalue weighted by molar-refractivity contribution is 9.10. The molecule has 0 aliphatic carbocycles. The average molecular weight is 544 g/mol. The van der Waals surface area contributed by atoms with Crippen molar-refractivity contribution in [1.29, 1.82) is 0 Å². The molecule has 3 heterocycles. The molecule has 0 radical (unpaired) electrons. The normalized spacial score (nSPS) is 9.76.